The lowest BCUT2D eigenvalue weighted by Crippen LogP contribution is -2.11. The summed E-state index contributed by atoms with van der Waals surface area (Å²) in [6, 6.07) is 11.2. The molecule has 0 unspecified atom stereocenters. The van der Waals surface area contributed by atoms with Crippen molar-refractivity contribution in [2.45, 2.75) is 24.4 Å². The summed E-state index contributed by atoms with van der Waals surface area (Å²) in [7, 11) is 0. The van der Waals surface area contributed by atoms with Crippen LogP contribution in [0.5, 0.6) is 0 Å². The maximum absolute atomic E-state index is 12.9. The van der Waals surface area contributed by atoms with Gasteiger partial charge in [0, 0.05) is 28.1 Å². The van der Waals surface area contributed by atoms with Gasteiger partial charge in [0.15, 0.2) is 16.7 Å². The first-order valence-electron chi connectivity index (χ1n) is 9.51. The summed E-state index contributed by atoms with van der Waals surface area (Å²) in [4.78, 5) is 21.1. The van der Waals surface area contributed by atoms with Gasteiger partial charge < -0.3 is 9.40 Å². The maximum Gasteiger partial charge on any atom is 0.260 e. The van der Waals surface area contributed by atoms with Gasteiger partial charge in [0.2, 0.25) is 0 Å². The third-order valence-corrected chi connectivity index (χ3v) is 6.95. The van der Waals surface area contributed by atoms with E-state index in [2.05, 4.69) is 20.2 Å². The van der Waals surface area contributed by atoms with Crippen LogP contribution in [0.1, 0.15) is 12.7 Å². The molecule has 0 aliphatic heterocycles. The minimum absolute atomic E-state index is 0.176. The van der Waals surface area contributed by atoms with Crippen LogP contribution in [0.25, 0.3) is 32.9 Å². The molecule has 0 fully saturated rings. The number of aromatic nitrogens is 5. The first-order chi connectivity index (χ1) is 15.2. The number of halogens is 1. The Morgan fingerprint density at radius 3 is 2.84 bits per heavy atom. The molecule has 31 heavy (non-hydrogen) atoms. The Labute approximate surface area is 190 Å². The lowest BCUT2D eigenvalue weighted by molar-refractivity contribution is 0.567. The number of benzene rings is 1. The minimum Gasteiger partial charge on any atom is -0.461 e. The molecule has 0 saturated carbocycles. The zero-order valence-corrected chi connectivity index (χ0v) is 18.7. The van der Waals surface area contributed by atoms with Crippen molar-refractivity contribution < 1.29 is 4.42 Å². The van der Waals surface area contributed by atoms with Crippen molar-refractivity contribution in [1.82, 2.24) is 24.7 Å². The molecular formula is C21H16ClN5O2S2. The third kappa shape index (κ3) is 3.69. The summed E-state index contributed by atoms with van der Waals surface area (Å²) in [6.45, 7) is 2.72. The smallest absolute Gasteiger partial charge is 0.260 e. The second kappa shape index (κ2) is 8.33. The average Bonchev–Trinajstić information content (AvgIpc) is 3.51. The number of thioether (sulfide) groups is 1. The van der Waals surface area contributed by atoms with Crippen LogP contribution in [-0.4, -0.2) is 24.7 Å². The number of fused-ring (bicyclic) bond motifs is 1. The monoisotopic (exact) mass is 469 g/mol. The van der Waals surface area contributed by atoms with Gasteiger partial charge in [-0.3, -0.25) is 9.36 Å². The van der Waals surface area contributed by atoms with Crippen LogP contribution in [0.4, 0.5) is 0 Å². The summed E-state index contributed by atoms with van der Waals surface area (Å²) in [6.07, 6.45) is 1.61. The van der Waals surface area contributed by atoms with E-state index in [1.807, 2.05) is 53.3 Å². The number of hydrogen-bond donors (Lipinski definition) is 1. The lowest BCUT2D eigenvalue weighted by atomic mass is 10.1. The molecule has 5 aromatic rings. The Hall–Kier alpha value is -2.88. The van der Waals surface area contributed by atoms with Crippen LogP contribution in [0, 0.1) is 0 Å². The highest BCUT2D eigenvalue weighted by atomic mass is 35.5. The zero-order chi connectivity index (χ0) is 21.4. The normalized spacial score (nSPS) is 11.4. The van der Waals surface area contributed by atoms with Gasteiger partial charge in [-0.25, -0.2) is 4.98 Å². The van der Waals surface area contributed by atoms with E-state index in [9.17, 15) is 4.79 Å². The summed E-state index contributed by atoms with van der Waals surface area (Å²) in [5, 5.41) is 12.4. The van der Waals surface area contributed by atoms with Gasteiger partial charge in [0.25, 0.3) is 5.56 Å². The molecule has 0 saturated heterocycles. The molecule has 5 rings (SSSR count). The van der Waals surface area contributed by atoms with Crippen molar-refractivity contribution in [3.8, 4) is 22.7 Å². The van der Waals surface area contributed by atoms with Gasteiger partial charge in [0.05, 0.1) is 17.4 Å². The zero-order valence-electron chi connectivity index (χ0n) is 16.3. The Bertz CT molecular complexity index is 1420. The highest BCUT2D eigenvalue weighted by Gasteiger charge is 2.17. The molecule has 1 N–H and O–H groups in total. The van der Waals surface area contributed by atoms with Crippen LogP contribution < -0.4 is 5.56 Å². The fourth-order valence-electron chi connectivity index (χ4n) is 3.34. The van der Waals surface area contributed by atoms with Gasteiger partial charge in [0.1, 0.15) is 10.7 Å². The molecule has 0 aliphatic rings. The summed E-state index contributed by atoms with van der Waals surface area (Å²) in [5.74, 6) is 2.38. The van der Waals surface area contributed by atoms with Crippen LogP contribution in [0.3, 0.4) is 0 Å². The van der Waals surface area contributed by atoms with E-state index in [0.29, 0.717) is 44.9 Å². The number of hydrogen-bond acceptors (Lipinski definition) is 7. The number of rotatable bonds is 6. The Morgan fingerprint density at radius 1 is 1.19 bits per heavy atom. The molecule has 1 aromatic carbocycles. The van der Waals surface area contributed by atoms with E-state index in [1.54, 1.807) is 6.26 Å². The van der Waals surface area contributed by atoms with Crippen molar-refractivity contribution in [2.24, 2.45) is 0 Å². The highest BCUT2D eigenvalue weighted by Crippen LogP contribution is 2.35. The van der Waals surface area contributed by atoms with Gasteiger partial charge in [-0.15, -0.1) is 21.5 Å². The standard InChI is InChI=1S/C21H16ClN5O2S2/c1-2-27-18(15-8-5-9-29-15)25-26-21(27)31-11-16-23-19(28)17-13(10-30-20(17)24-16)12-6-3-4-7-14(12)22/h3-10H,2,11H2,1H3,(H,23,24,28). The number of aromatic amines is 1. The first kappa shape index (κ1) is 20.0. The van der Waals surface area contributed by atoms with Gasteiger partial charge in [-0.2, -0.15) is 0 Å². The molecule has 0 radical (unpaired) electrons. The first-order valence-corrected chi connectivity index (χ1v) is 11.7. The van der Waals surface area contributed by atoms with Crippen molar-refractivity contribution in [2.75, 3.05) is 0 Å². The molecule has 10 heteroatoms. The van der Waals surface area contributed by atoms with Crippen molar-refractivity contribution >= 4 is 44.9 Å². The third-order valence-electron chi connectivity index (χ3n) is 4.77. The minimum atomic E-state index is -0.176. The summed E-state index contributed by atoms with van der Waals surface area (Å²) < 4.78 is 7.42. The van der Waals surface area contributed by atoms with Crippen LogP contribution in [-0.2, 0) is 12.3 Å². The maximum atomic E-state index is 12.9. The molecule has 0 aliphatic carbocycles. The fourth-order valence-corrected chi connectivity index (χ4v) is 5.41. The van der Waals surface area contributed by atoms with Crippen LogP contribution in [0.15, 0.2) is 62.4 Å². The van der Waals surface area contributed by atoms with E-state index in [4.69, 9.17) is 16.0 Å². The fraction of sp³-hybridized carbons (Fsp3) is 0.143. The van der Waals surface area contributed by atoms with E-state index < -0.39 is 0 Å². The Balaban J connectivity index is 1.44. The molecule has 0 amide bonds. The van der Waals surface area contributed by atoms with E-state index in [0.717, 1.165) is 16.3 Å². The number of nitrogens with one attached hydrogen (secondary N) is 1. The lowest BCUT2D eigenvalue weighted by Gasteiger charge is -2.06. The molecule has 4 heterocycles. The van der Waals surface area contributed by atoms with E-state index in [1.165, 1.54) is 23.1 Å². The molecule has 7 nitrogen and oxygen atoms in total. The average molecular weight is 470 g/mol. The van der Waals surface area contributed by atoms with Gasteiger partial charge in [-0.1, -0.05) is 41.6 Å². The number of furan rings is 1. The molecule has 4 aromatic heterocycles. The van der Waals surface area contributed by atoms with E-state index >= 15 is 0 Å². The second-order valence-corrected chi connectivity index (χ2v) is 8.85. The van der Waals surface area contributed by atoms with Crippen molar-refractivity contribution in [1.29, 1.82) is 0 Å². The molecule has 0 atom stereocenters. The number of thiophene rings is 1. The number of H-pyrrole nitrogens is 1. The largest absolute Gasteiger partial charge is 0.461 e. The highest BCUT2D eigenvalue weighted by molar-refractivity contribution is 7.98. The SMILES string of the molecule is CCn1c(SCc2nc3scc(-c4ccccc4Cl)c3c(=O)[nH]2)nnc1-c1ccco1. The van der Waals surface area contributed by atoms with Crippen LogP contribution in [0.2, 0.25) is 5.02 Å². The molecule has 156 valence electrons. The molecule has 0 spiro atoms. The topological polar surface area (TPSA) is 89.6 Å². The molecular weight excluding hydrogens is 454 g/mol. The van der Waals surface area contributed by atoms with Gasteiger partial charge in [-0.05, 0) is 25.1 Å². The summed E-state index contributed by atoms with van der Waals surface area (Å²) in [5.41, 5.74) is 1.45. The predicted octanol–water partition coefficient (Wildman–Crippen LogP) is 5.47. The molecule has 0 bridgehead atoms. The Morgan fingerprint density at radius 2 is 2.06 bits per heavy atom. The predicted molar refractivity (Wildman–Crippen MR) is 124 cm³/mol. The van der Waals surface area contributed by atoms with Crippen molar-refractivity contribution in [3.05, 3.63) is 69.2 Å². The van der Waals surface area contributed by atoms with Gasteiger partial charge >= 0.3 is 0 Å². The van der Waals surface area contributed by atoms with Crippen molar-refractivity contribution in [3.63, 3.8) is 0 Å². The van der Waals surface area contributed by atoms with E-state index in [-0.39, 0.29) is 5.56 Å². The quantitative estimate of drug-likeness (QED) is 0.332. The Kier molecular flexibility index (Phi) is 5.39. The summed E-state index contributed by atoms with van der Waals surface area (Å²) >= 11 is 9.23. The van der Waals surface area contributed by atoms with Crippen LogP contribution >= 0.6 is 34.7 Å². The number of nitrogens with zero attached hydrogens (tertiary/aromatic N) is 4. The second-order valence-electron chi connectivity index (χ2n) is 6.64.